The van der Waals surface area contributed by atoms with Crippen LogP contribution in [0.25, 0.3) is 11.0 Å². The molecule has 1 aliphatic rings. The molecule has 2 aromatic carbocycles. The number of alkyl halides is 3. The van der Waals surface area contributed by atoms with E-state index in [9.17, 15) is 22.8 Å². The highest BCUT2D eigenvalue weighted by molar-refractivity contribution is 7.98. The van der Waals surface area contributed by atoms with Gasteiger partial charge < -0.3 is 15.6 Å². The number of imidazole rings is 1. The Kier molecular flexibility index (Phi) is 7.16. The standard InChI is InChI=1S/C24H25F3N4O2S/c1-34-15-11-9-14(10-12-15)23(33)30-18-7-3-2-6-17(18)29-21(32)13-20-28-19-8-4-5-16(22(19)31-20)24(25,26)27/h4-5,8-12,17-18H,2-3,6-7,13H2,1H3,(H,28,31)(H,29,32)(H,30,33)/t17-,18+/m1/s1. The summed E-state index contributed by atoms with van der Waals surface area (Å²) in [6, 6.07) is 10.6. The van der Waals surface area contributed by atoms with Gasteiger partial charge in [0.15, 0.2) is 0 Å². The molecule has 0 aliphatic heterocycles. The first-order chi connectivity index (χ1) is 16.2. The molecule has 0 unspecified atom stereocenters. The molecule has 2 atom stereocenters. The molecule has 1 aromatic heterocycles. The lowest BCUT2D eigenvalue weighted by molar-refractivity contribution is -0.136. The van der Waals surface area contributed by atoms with Crippen LogP contribution in [0.4, 0.5) is 13.2 Å². The molecule has 1 saturated carbocycles. The Morgan fingerprint density at radius 3 is 2.38 bits per heavy atom. The van der Waals surface area contributed by atoms with Crippen LogP contribution in [-0.2, 0) is 17.4 Å². The van der Waals surface area contributed by atoms with Crippen molar-refractivity contribution in [1.82, 2.24) is 20.6 Å². The van der Waals surface area contributed by atoms with Crippen molar-refractivity contribution in [3.05, 3.63) is 59.4 Å². The first-order valence-corrected chi connectivity index (χ1v) is 12.3. The number of halogens is 3. The number of H-pyrrole nitrogens is 1. The first kappa shape index (κ1) is 24.1. The highest BCUT2D eigenvalue weighted by Crippen LogP contribution is 2.33. The van der Waals surface area contributed by atoms with E-state index >= 15 is 0 Å². The smallest absolute Gasteiger partial charge is 0.351 e. The molecule has 2 amide bonds. The van der Waals surface area contributed by atoms with Crippen LogP contribution >= 0.6 is 11.8 Å². The molecule has 1 fully saturated rings. The third-order valence-electron chi connectivity index (χ3n) is 5.98. The van der Waals surface area contributed by atoms with Gasteiger partial charge in [0.05, 0.1) is 17.5 Å². The van der Waals surface area contributed by atoms with Crippen LogP contribution < -0.4 is 10.6 Å². The topological polar surface area (TPSA) is 86.9 Å². The van der Waals surface area contributed by atoms with Crippen LogP contribution in [-0.4, -0.2) is 40.1 Å². The zero-order valence-electron chi connectivity index (χ0n) is 18.5. The Balaban J connectivity index is 1.41. The van der Waals surface area contributed by atoms with Gasteiger partial charge in [-0.25, -0.2) is 4.98 Å². The molecule has 1 aliphatic carbocycles. The number of aromatic amines is 1. The van der Waals surface area contributed by atoms with E-state index < -0.39 is 11.7 Å². The van der Waals surface area contributed by atoms with Crippen LogP contribution in [0.15, 0.2) is 47.4 Å². The second-order valence-electron chi connectivity index (χ2n) is 8.33. The molecule has 1 heterocycles. The van der Waals surface area contributed by atoms with Gasteiger partial charge in [-0.05, 0) is 55.5 Å². The lowest BCUT2D eigenvalue weighted by Gasteiger charge is -2.32. The summed E-state index contributed by atoms with van der Waals surface area (Å²) in [5.41, 5.74) is -0.259. The van der Waals surface area contributed by atoms with Crippen molar-refractivity contribution in [3.63, 3.8) is 0 Å². The van der Waals surface area contributed by atoms with Gasteiger partial charge in [-0.2, -0.15) is 13.2 Å². The van der Waals surface area contributed by atoms with Gasteiger partial charge in [-0.15, -0.1) is 11.8 Å². The van der Waals surface area contributed by atoms with Gasteiger partial charge in [-0.1, -0.05) is 18.9 Å². The second kappa shape index (κ2) is 10.1. The van der Waals surface area contributed by atoms with Crippen LogP contribution in [0.3, 0.4) is 0 Å². The number of para-hydroxylation sites is 1. The number of aromatic nitrogens is 2. The molecule has 34 heavy (non-hydrogen) atoms. The summed E-state index contributed by atoms with van der Waals surface area (Å²) in [5.74, 6) is -0.395. The molecule has 0 saturated heterocycles. The summed E-state index contributed by atoms with van der Waals surface area (Å²) >= 11 is 1.59. The highest BCUT2D eigenvalue weighted by atomic mass is 32.2. The molecule has 0 bridgehead atoms. The maximum absolute atomic E-state index is 13.2. The highest BCUT2D eigenvalue weighted by Gasteiger charge is 2.34. The summed E-state index contributed by atoms with van der Waals surface area (Å²) in [5, 5.41) is 5.97. The second-order valence-corrected chi connectivity index (χ2v) is 9.21. The van der Waals surface area contributed by atoms with Gasteiger partial charge in [0.2, 0.25) is 5.91 Å². The molecule has 180 valence electrons. The number of amides is 2. The monoisotopic (exact) mass is 490 g/mol. The van der Waals surface area contributed by atoms with E-state index in [1.807, 2.05) is 18.4 Å². The van der Waals surface area contributed by atoms with Gasteiger partial charge in [0.25, 0.3) is 5.91 Å². The van der Waals surface area contributed by atoms with Crippen molar-refractivity contribution in [2.24, 2.45) is 0 Å². The lowest BCUT2D eigenvalue weighted by atomic mass is 9.90. The molecular formula is C24H25F3N4O2S. The average molecular weight is 491 g/mol. The SMILES string of the molecule is CSc1ccc(C(=O)N[C@H]2CCCC[C@H]2NC(=O)Cc2nc3c(C(F)(F)F)cccc3[nH]2)cc1. The number of hydrogen-bond donors (Lipinski definition) is 3. The minimum absolute atomic E-state index is 0.162. The van der Waals surface area contributed by atoms with E-state index in [2.05, 4.69) is 20.6 Å². The third-order valence-corrected chi connectivity index (χ3v) is 6.72. The maximum atomic E-state index is 13.2. The van der Waals surface area contributed by atoms with Gasteiger partial charge in [0, 0.05) is 22.5 Å². The minimum Gasteiger partial charge on any atom is -0.351 e. The van der Waals surface area contributed by atoms with Crippen molar-refractivity contribution < 1.29 is 22.8 Å². The molecular weight excluding hydrogens is 465 g/mol. The molecule has 0 radical (unpaired) electrons. The number of benzene rings is 2. The molecule has 3 aromatic rings. The van der Waals surface area contributed by atoms with Crippen molar-refractivity contribution >= 4 is 34.6 Å². The fraction of sp³-hybridized carbons (Fsp3) is 0.375. The first-order valence-electron chi connectivity index (χ1n) is 11.0. The van der Waals surface area contributed by atoms with E-state index in [0.717, 1.165) is 30.2 Å². The Hall–Kier alpha value is -3.01. The number of carbonyl (C=O) groups is 2. The van der Waals surface area contributed by atoms with E-state index in [0.29, 0.717) is 12.0 Å². The average Bonchev–Trinajstić information content (AvgIpc) is 3.21. The summed E-state index contributed by atoms with van der Waals surface area (Å²) < 4.78 is 39.7. The van der Waals surface area contributed by atoms with Gasteiger partial charge in [-0.3, -0.25) is 9.59 Å². The van der Waals surface area contributed by atoms with E-state index in [4.69, 9.17) is 0 Å². The third kappa shape index (κ3) is 5.55. The summed E-state index contributed by atoms with van der Waals surface area (Å²) in [4.78, 5) is 33.3. The Bertz CT molecular complexity index is 1180. The van der Waals surface area contributed by atoms with Crippen LogP contribution in [0.1, 0.15) is 47.4 Å². The van der Waals surface area contributed by atoms with Crippen LogP contribution in [0.5, 0.6) is 0 Å². The maximum Gasteiger partial charge on any atom is 0.418 e. The van der Waals surface area contributed by atoms with E-state index in [-0.39, 0.29) is 47.2 Å². The quantitative estimate of drug-likeness (QED) is 0.437. The fourth-order valence-electron chi connectivity index (χ4n) is 4.28. The Morgan fingerprint density at radius 2 is 1.74 bits per heavy atom. The predicted molar refractivity (Wildman–Crippen MR) is 125 cm³/mol. The number of rotatable bonds is 6. The number of nitrogens with one attached hydrogen (secondary N) is 3. The Labute approximate surface area is 199 Å². The molecule has 3 N–H and O–H groups in total. The fourth-order valence-corrected chi connectivity index (χ4v) is 4.68. The largest absolute Gasteiger partial charge is 0.418 e. The van der Waals surface area contributed by atoms with Gasteiger partial charge in [0.1, 0.15) is 11.3 Å². The Morgan fingerprint density at radius 1 is 1.06 bits per heavy atom. The van der Waals surface area contributed by atoms with E-state index in [1.54, 1.807) is 23.9 Å². The van der Waals surface area contributed by atoms with Gasteiger partial charge >= 0.3 is 6.18 Å². The lowest BCUT2D eigenvalue weighted by Crippen LogP contribution is -2.53. The molecule has 0 spiro atoms. The summed E-state index contributed by atoms with van der Waals surface area (Å²) in [6.45, 7) is 0. The van der Waals surface area contributed by atoms with Crippen molar-refractivity contribution in [3.8, 4) is 0 Å². The number of fused-ring (bicyclic) bond motifs is 1. The number of thioether (sulfide) groups is 1. The summed E-state index contributed by atoms with van der Waals surface area (Å²) in [6.07, 6.45) is 0.549. The number of carbonyl (C=O) groups excluding carboxylic acids is 2. The molecule has 4 rings (SSSR count). The minimum atomic E-state index is -4.53. The normalized spacial score (nSPS) is 18.6. The van der Waals surface area contributed by atoms with Crippen molar-refractivity contribution in [2.45, 2.75) is 55.3 Å². The van der Waals surface area contributed by atoms with Crippen LogP contribution in [0.2, 0.25) is 0 Å². The molecule has 6 nitrogen and oxygen atoms in total. The van der Waals surface area contributed by atoms with E-state index in [1.165, 1.54) is 12.1 Å². The number of hydrogen-bond acceptors (Lipinski definition) is 4. The van der Waals surface area contributed by atoms with Crippen molar-refractivity contribution in [2.75, 3.05) is 6.26 Å². The summed E-state index contributed by atoms with van der Waals surface area (Å²) in [7, 11) is 0. The van der Waals surface area contributed by atoms with Crippen LogP contribution in [0, 0.1) is 0 Å². The zero-order valence-corrected chi connectivity index (χ0v) is 19.4. The number of nitrogens with zero attached hydrogens (tertiary/aromatic N) is 1. The molecule has 10 heteroatoms. The zero-order chi connectivity index (χ0) is 24.3. The predicted octanol–water partition coefficient (Wildman–Crippen LogP) is 4.70. The van der Waals surface area contributed by atoms with Crippen molar-refractivity contribution in [1.29, 1.82) is 0 Å².